The lowest BCUT2D eigenvalue weighted by Gasteiger charge is -2.06. The fourth-order valence-electron chi connectivity index (χ4n) is 1.33. The number of aldehydes is 1. The number of nitrogens with one attached hydrogen (secondary N) is 1. The van der Waals surface area contributed by atoms with Crippen LogP contribution in [0.2, 0.25) is 0 Å². The smallest absolute Gasteiger partial charge is 0.263 e. The Morgan fingerprint density at radius 1 is 1.26 bits per heavy atom. The van der Waals surface area contributed by atoms with E-state index in [1.807, 2.05) is 0 Å². The highest BCUT2D eigenvalue weighted by atomic mass is 16.5. The van der Waals surface area contributed by atoms with E-state index in [2.05, 4.69) is 15.3 Å². The molecule has 0 spiro atoms. The zero-order chi connectivity index (χ0) is 13.5. The van der Waals surface area contributed by atoms with E-state index >= 15 is 0 Å². The Morgan fingerprint density at radius 3 is 2.68 bits per heavy atom. The van der Waals surface area contributed by atoms with E-state index in [0.717, 1.165) is 6.29 Å². The van der Waals surface area contributed by atoms with Gasteiger partial charge in [-0.3, -0.25) is 14.6 Å². The molecule has 0 aliphatic rings. The maximum atomic E-state index is 11.5. The van der Waals surface area contributed by atoms with Crippen molar-refractivity contribution < 1.29 is 14.3 Å². The molecule has 0 unspecified atom stereocenters. The van der Waals surface area contributed by atoms with E-state index in [9.17, 15) is 9.59 Å². The standard InChI is InChI=1S/C13H11N3O3/c17-8-10-1-3-11(4-2-10)19-9-13(18)16-12-7-14-5-6-15-12/h1-8H,9H2,(H,15,16,18). The molecule has 0 saturated heterocycles. The Morgan fingerprint density at radius 2 is 2.05 bits per heavy atom. The van der Waals surface area contributed by atoms with Crippen LogP contribution in [0, 0.1) is 0 Å². The van der Waals surface area contributed by atoms with Crippen molar-refractivity contribution in [2.75, 3.05) is 11.9 Å². The molecule has 0 aliphatic heterocycles. The van der Waals surface area contributed by atoms with Gasteiger partial charge in [-0.1, -0.05) is 0 Å². The Hall–Kier alpha value is -2.76. The molecule has 0 fully saturated rings. The second-order valence-electron chi connectivity index (χ2n) is 3.61. The third-order valence-electron chi connectivity index (χ3n) is 2.22. The predicted octanol–water partition coefficient (Wildman–Crippen LogP) is 1.31. The van der Waals surface area contributed by atoms with Gasteiger partial charge in [0.15, 0.2) is 12.4 Å². The van der Waals surface area contributed by atoms with Crippen molar-refractivity contribution in [2.45, 2.75) is 0 Å². The second-order valence-corrected chi connectivity index (χ2v) is 3.61. The molecule has 6 heteroatoms. The zero-order valence-electron chi connectivity index (χ0n) is 9.95. The van der Waals surface area contributed by atoms with E-state index in [-0.39, 0.29) is 12.5 Å². The van der Waals surface area contributed by atoms with Crippen LogP contribution in [0.5, 0.6) is 5.75 Å². The molecule has 1 aromatic heterocycles. The van der Waals surface area contributed by atoms with Crippen LogP contribution in [0.4, 0.5) is 5.82 Å². The quantitative estimate of drug-likeness (QED) is 0.817. The van der Waals surface area contributed by atoms with Gasteiger partial charge in [-0.25, -0.2) is 4.98 Å². The van der Waals surface area contributed by atoms with Crippen molar-refractivity contribution in [3.05, 3.63) is 48.4 Å². The van der Waals surface area contributed by atoms with E-state index in [4.69, 9.17) is 4.74 Å². The first-order chi connectivity index (χ1) is 9.28. The van der Waals surface area contributed by atoms with Crippen LogP contribution in [-0.4, -0.2) is 28.8 Å². The van der Waals surface area contributed by atoms with E-state index in [0.29, 0.717) is 17.1 Å². The highest BCUT2D eigenvalue weighted by Crippen LogP contribution is 2.10. The van der Waals surface area contributed by atoms with Gasteiger partial charge in [-0.2, -0.15) is 0 Å². The number of ether oxygens (including phenoxy) is 1. The minimum absolute atomic E-state index is 0.142. The van der Waals surface area contributed by atoms with Crippen LogP contribution in [0.15, 0.2) is 42.9 Å². The average molecular weight is 257 g/mol. The first kappa shape index (κ1) is 12.7. The molecule has 96 valence electrons. The van der Waals surface area contributed by atoms with Crippen molar-refractivity contribution in [3.8, 4) is 5.75 Å². The maximum absolute atomic E-state index is 11.5. The van der Waals surface area contributed by atoms with Gasteiger partial charge in [0.05, 0.1) is 6.20 Å². The molecule has 0 radical (unpaired) electrons. The number of carbonyl (C=O) groups excluding carboxylic acids is 2. The minimum atomic E-state index is -0.333. The van der Waals surface area contributed by atoms with Crippen LogP contribution >= 0.6 is 0 Å². The SMILES string of the molecule is O=Cc1ccc(OCC(=O)Nc2cnccn2)cc1. The fraction of sp³-hybridized carbons (Fsp3) is 0.0769. The fourth-order valence-corrected chi connectivity index (χ4v) is 1.33. The molecule has 6 nitrogen and oxygen atoms in total. The number of anilines is 1. The van der Waals surface area contributed by atoms with Gasteiger partial charge in [0.2, 0.25) is 0 Å². The molecule has 1 N–H and O–H groups in total. The first-order valence-corrected chi connectivity index (χ1v) is 5.52. The summed E-state index contributed by atoms with van der Waals surface area (Å²) in [7, 11) is 0. The molecule has 1 heterocycles. The third kappa shape index (κ3) is 3.88. The predicted molar refractivity (Wildman–Crippen MR) is 68.0 cm³/mol. The summed E-state index contributed by atoms with van der Waals surface area (Å²) in [4.78, 5) is 29.7. The number of amides is 1. The summed E-state index contributed by atoms with van der Waals surface area (Å²) < 4.78 is 5.26. The maximum Gasteiger partial charge on any atom is 0.263 e. The Kier molecular flexibility index (Phi) is 4.17. The van der Waals surface area contributed by atoms with Gasteiger partial charge in [-0.05, 0) is 24.3 Å². The van der Waals surface area contributed by atoms with Crippen molar-refractivity contribution in [1.82, 2.24) is 9.97 Å². The molecular weight excluding hydrogens is 246 g/mol. The zero-order valence-corrected chi connectivity index (χ0v) is 9.95. The lowest BCUT2D eigenvalue weighted by molar-refractivity contribution is -0.118. The van der Waals surface area contributed by atoms with Gasteiger partial charge in [0.25, 0.3) is 5.91 Å². The summed E-state index contributed by atoms with van der Waals surface area (Å²) in [5.74, 6) is 0.548. The van der Waals surface area contributed by atoms with Gasteiger partial charge < -0.3 is 10.1 Å². The summed E-state index contributed by atoms with van der Waals surface area (Å²) in [6.07, 6.45) is 5.18. The van der Waals surface area contributed by atoms with Crippen LogP contribution < -0.4 is 10.1 Å². The normalized spacial score (nSPS) is 9.68. The summed E-state index contributed by atoms with van der Waals surface area (Å²) in [6.45, 7) is -0.142. The van der Waals surface area contributed by atoms with E-state index in [1.165, 1.54) is 18.6 Å². The lowest BCUT2D eigenvalue weighted by atomic mass is 10.2. The highest BCUT2D eigenvalue weighted by molar-refractivity contribution is 5.90. The molecular formula is C13H11N3O3. The number of rotatable bonds is 5. The number of hydrogen-bond donors (Lipinski definition) is 1. The monoisotopic (exact) mass is 257 g/mol. The Balaban J connectivity index is 1.84. The van der Waals surface area contributed by atoms with E-state index < -0.39 is 0 Å². The molecule has 2 aromatic rings. The van der Waals surface area contributed by atoms with Crippen molar-refractivity contribution in [2.24, 2.45) is 0 Å². The van der Waals surface area contributed by atoms with Gasteiger partial charge in [0.1, 0.15) is 12.0 Å². The molecule has 19 heavy (non-hydrogen) atoms. The van der Waals surface area contributed by atoms with E-state index in [1.54, 1.807) is 24.3 Å². The van der Waals surface area contributed by atoms with Gasteiger partial charge in [0, 0.05) is 18.0 Å². The molecule has 0 bridgehead atoms. The number of carbonyl (C=O) groups is 2. The lowest BCUT2D eigenvalue weighted by Crippen LogP contribution is -2.20. The van der Waals surface area contributed by atoms with Gasteiger partial charge >= 0.3 is 0 Å². The molecule has 0 saturated carbocycles. The Labute approximate surface area is 109 Å². The van der Waals surface area contributed by atoms with Crippen LogP contribution in [-0.2, 0) is 4.79 Å². The number of benzene rings is 1. The third-order valence-corrected chi connectivity index (χ3v) is 2.22. The van der Waals surface area contributed by atoms with Crippen molar-refractivity contribution in [3.63, 3.8) is 0 Å². The first-order valence-electron chi connectivity index (χ1n) is 5.52. The topological polar surface area (TPSA) is 81.2 Å². The number of hydrogen-bond acceptors (Lipinski definition) is 5. The highest BCUT2D eigenvalue weighted by Gasteiger charge is 2.04. The molecule has 1 aromatic carbocycles. The van der Waals surface area contributed by atoms with Crippen LogP contribution in [0.25, 0.3) is 0 Å². The van der Waals surface area contributed by atoms with Gasteiger partial charge in [-0.15, -0.1) is 0 Å². The number of nitrogens with zero attached hydrogens (tertiary/aromatic N) is 2. The second kappa shape index (κ2) is 6.25. The van der Waals surface area contributed by atoms with Crippen molar-refractivity contribution >= 4 is 18.0 Å². The number of aromatic nitrogens is 2. The summed E-state index contributed by atoms with van der Waals surface area (Å²) in [6, 6.07) is 6.48. The van der Waals surface area contributed by atoms with Crippen LogP contribution in [0.3, 0.4) is 0 Å². The summed E-state index contributed by atoms with van der Waals surface area (Å²) in [5.41, 5.74) is 0.552. The molecule has 0 aliphatic carbocycles. The van der Waals surface area contributed by atoms with Crippen LogP contribution in [0.1, 0.15) is 10.4 Å². The Bertz CT molecular complexity index is 555. The average Bonchev–Trinajstić information content (AvgIpc) is 2.47. The minimum Gasteiger partial charge on any atom is -0.484 e. The largest absolute Gasteiger partial charge is 0.484 e. The summed E-state index contributed by atoms with van der Waals surface area (Å²) >= 11 is 0. The summed E-state index contributed by atoms with van der Waals surface area (Å²) in [5, 5.41) is 2.54. The molecule has 1 amide bonds. The molecule has 0 atom stereocenters. The van der Waals surface area contributed by atoms with Crippen molar-refractivity contribution in [1.29, 1.82) is 0 Å². The molecule has 2 rings (SSSR count).